The third-order valence-electron chi connectivity index (χ3n) is 1.72. The van der Waals surface area contributed by atoms with Crippen LogP contribution in [0.3, 0.4) is 0 Å². The van der Waals surface area contributed by atoms with Gasteiger partial charge >= 0.3 is 0 Å². The molecule has 0 fully saturated rings. The molecule has 0 radical (unpaired) electrons. The van der Waals surface area contributed by atoms with Gasteiger partial charge in [-0.25, -0.2) is 14.4 Å². The number of nitrogens with two attached hydrogens (primary N) is 1. The van der Waals surface area contributed by atoms with Gasteiger partial charge in [0.15, 0.2) is 5.82 Å². The number of anilines is 1. The zero-order valence-corrected chi connectivity index (χ0v) is 7.18. The molecule has 0 aliphatic carbocycles. The van der Waals surface area contributed by atoms with Crippen LogP contribution in [-0.2, 0) is 0 Å². The first kappa shape index (κ1) is 8.55. The third-order valence-corrected chi connectivity index (χ3v) is 1.72. The summed E-state index contributed by atoms with van der Waals surface area (Å²) in [6, 6.07) is 3.13. The molecule has 2 aromatic rings. The van der Waals surface area contributed by atoms with Crippen molar-refractivity contribution in [2.75, 3.05) is 5.73 Å². The molecule has 0 aromatic carbocycles. The molecule has 2 aromatic heterocycles. The summed E-state index contributed by atoms with van der Waals surface area (Å²) in [6.07, 6.45) is 4.11. The maximum Gasteiger partial charge on any atom is 0.220 e. The van der Waals surface area contributed by atoms with Crippen molar-refractivity contribution in [3.63, 3.8) is 0 Å². The fourth-order valence-corrected chi connectivity index (χ4v) is 1.11. The second-order valence-electron chi connectivity index (χ2n) is 2.66. The highest BCUT2D eigenvalue weighted by atomic mass is 19.1. The second-order valence-corrected chi connectivity index (χ2v) is 2.66. The maximum atomic E-state index is 13.2. The predicted octanol–water partition coefficient (Wildman–Crippen LogP) is 1.26. The normalized spacial score (nSPS) is 10.1. The van der Waals surface area contributed by atoms with Crippen LogP contribution in [0, 0.1) is 5.82 Å². The molecule has 0 bridgehead atoms. The molecule has 14 heavy (non-hydrogen) atoms. The fraction of sp³-hybridized carbons (Fsp3) is 0. The molecule has 0 amide bonds. The van der Waals surface area contributed by atoms with E-state index in [9.17, 15) is 4.39 Å². The van der Waals surface area contributed by atoms with E-state index in [2.05, 4.69) is 15.0 Å². The molecular weight excluding hydrogens is 183 g/mol. The number of nitrogen functional groups attached to an aromatic ring is 1. The van der Waals surface area contributed by atoms with Gasteiger partial charge in [0.1, 0.15) is 0 Å². The lowest BCUT2D eigenvalue weighted by atomic mass is 10.2. The molecule has 0 aliphatic rings. The van der Waals surface area contributed by atoms with Crippen LogP contribution >= 0.6 is 0 Å². The zero-order valence-electron chi connectivity index (χ0n) is 7.18. The van der Waals surface area contributed by atoms with Gasteiger partial charge in [-0.1, -0.05) is 0 Å². The number of hydrogen-bond acceptors (Lipinski definition) is 4. The highest BCUT2D eigenvalue weighted by molar-refractivity contribution is 5.59. The second kappa shape index (κ2) is 3.37. The average molecular weight is 190 g/mol. The van der Waals surface area contributed by atoms with Crippen LogP contribution in [0.4, 0.5) is 10.3 Å². The minimum Gasteiger partial charge on any atom is -0.368 e. The molecule has 0 aliphatic heterocycles. The van der Waals surface area contributed by atoms with Gasteiger partial charge < -0.3 is 5.73 Å². The molecule has 5 heteroatoms. The summed E-state index contributed by atoms with van der Waals surface area (Å²) in [5, 5.41) is 0. The number of pyridine rings is 1. The van der Waals surface area contributed by atoms with Gasteiger partial charge in [0, 0.05) is 18.0 Å². The van der Waals surface area contributed by atoms with Crippen molar-refractivity contribution in [3.05, 3.63) is 36.5 Å². The van der Waals surface area contributed by atoms with Gasteiger partial charge in [0.2, 0.25) is 5.95 Å². The highest BCUT2D eigenvalue weighted by Gasteiger charge is 2.05. The van der Waals surface area contributed by atoms with Gasteiger partial charge in [0.25, 0.3) is 0 Å². The Balaban J connectivity index is 2.55. The van der Waals surface area contributed by atoms with Crippen LogP contribution in [0.5, 0.6) is 0 Å². The van der Waals surface area contributed by atoms with Crippen molar-refractivity contribution < 1.29 is 4.39 Å². The lowest BCUT2D eigenvalue weighted by Crippen LogP contribution is -1.96. The van der Waals surface area contributed by atoms with Crippen molar-refractivity contribution >= 4 is 5.95 Å². The van der Waals surface area contributed by atoms with Crippen molar-refractivity contribution in [2.24, 2.45) is 0 Å². The quantitative estimate of drug-likeness (QED) is 0.735. The Bertz CT molecular complexity index is 458. The number of nitrogens with zero attached hydrogens (tertiary/aromatic N) is 3. The number of hydrogen-bond donors (Lipinski definition) is 1. The van der Waals surface area contributed by atoms with Crippen LogP contribution < -0.4 is 5.73 Å². The standard InChI is InChI=1S/C9H7FN4/c10-7-5-12-3-1-6(7)8-2-4-13-9(11)14-8/h1-5H,(H2,11,13,14). The topological polar surface area (TPSA) is 64.7 Å². The Morgan fingerprint density at radius 1 is 1.21 bits per heavy atom. The smallest absolute Gasteiger partial charge is 0.220 e. The Hall–Kier alpha value is -2.04. The largest absolute Gasteiger partial charge is 0.368 e. The summed E-state index contributed by atoms with van der Waals surface area (Å²) in [6.45, 7) is 0. The average Bonchev–Trinajstić information content (AvgIpc) is 2.18. The summed E-state index contributed by atoms with van der Waals surface area (Å²) in [4.78, 5) is 11.3. The van der Waals surface area contributed by atoms with Gasteiger partial charge in [-0.3, -0.25) is 4.98 Å². The first-order valence-electron chi connectivity index (χ1n) is 3.96. The Kier molecular flexibility index (Phi) is 2.06. The minimum atomic E-state index is -0.425. The van der Waals surface area contributed by atoms with Gasteiger partial charge in [-0.2, -0.15) is 0 Å². The molecule has 0 saturated heterocycles. The van der Waals surface area contributed by atoms with Crippen LogP contribution in [0.1, 0.15) is 0 Å². The first-order chi connectivity index (χ1) is 6.77. The summed E-state index contributed by atoms with van der Waals surface area (Å²) < 4.78 is 13.2. The summed E-state index contributed by atoms with van der Waals surface area (Å²) in [5.41, 5.74) is 6.21. The Morgan fingerprint density at radius 3 is 2.79 bits per heavy atom. The fourth-order valence-electron chi connectivity index (χ4n) is 1.11. The van der Waals surface area contributed by atoms with Gasteiger partial charge in [0.05, 0.1) is 11.9 Å². The van der Waals surface area contributed by atoms with E-state index in [1.54, 1.807) is 6.07 Å². The summed E-state index contributed by atoms with van der Waals surface area (Å²) in [7, 11) is 0. The van der Waals surface area contributed by atoms with Crippen LogP contribution in [0.2, 0.25) is 0 Å². The molecule has 2 N–H and O–H groups in total. The molecule has 2 rings (SSSR count). The van der Waals surface area contributed by atoms with E-state index in [4.69, 9.17) is 5.73 Å². The zero-order chi connectivity index (χ0) is 9.97. The van der Waals surface area contributed by atoms with E-state index in [1.807, 2.05) is 0 Å². The monoisotopic (exact) mass is 190 g/mol. The maximum absolute atomic E-state index is 13.2. The summed E-state index contributed by atoms with van der Waals surface area (Å²) in [5.74, 6) is -0.302. The highest BCUT2D eigenvalue weighted by Crippen LogP contribution is 2.18. The first-order valence-corrected chi connectivity index (χ1v) is 3.96. The van der Waals surface area contributed by atoms with Crippen LogP contribution in [0.15, 0.2) is 30.7 Å². The van der Waals surface area contributed by atoms with Crippen molar-refractivity contribution in [2.45, 2.75) is 0 Å². The third kappa shape index (κ3) is 1.52. The Morgan fingerprint density at radius 2 is 2.07 bits per heavy atom. The van der Waals surface area contributed by atoms with Crippen molar-refractivity contribution in [1.82, 2.24) is 15.0 Å². The van der Waals surface area contributed by atoms with E-state index in [-0.39, 0.29) is 5.95 Å². The van der Waals surface area contributed by atoms with Gasteiger partial charge in [-0.05, 0) is 12.1 Å². The predicted molar refractivity (Wildman–Crippen MR) is 49.6 cm³/mol. The molecule has 0 unspecified atom stereocenters. The van der Waals surface area contributed by atoms with Crippen molar-refractivity contribution in [3.8, 4) is 11.3 Å². The number of aromatic nitrogens is 3. The summed E-state index contributed by atoms with van der Waals surface area (Å²) >= 11 is 0. The molecule has 2 heterocycles. The van der Waals surface area contributed by atoms with E-state index in [0.29, 0.717) is 11.3 Å². The minimum absolute atomic E-state index is 0.124. The number of rotatable bonds is 1. The molecule has 4 nitrogen and oxygen atoms in total. The van der Waals surface area contributed by atoms with Crippen molar-refractivity contribution in [1.29, 1.82) is 0 Å². The lowest BCUT2D eigenvalue weighted by Gasteiger charge is -2.01. The van der Waals surface area contributed by atoms with Crippen LogP contribution in [-0.4, -0.2) is 15.0 Å². The van der Waals surface area contributed by atoms with Crippen LogP contribution in [0.25, 0.3) is 11.3 Å². The van der Waals surface area contributed by atoms with E-state index < -0.39 is 5.82 Å². The molecular formula is C9H7FN4. The molecule has 0 spiro atoms. The SMILES string of the molecule is Nc1nccc(-c2ccncc2F)n1. The Labute approximate surface area is 79.7 Å². The van der Waals surface area contributed by atoms with E-state index in [0.717, 1.165) is 6.20 Å². The molecule has 0 atom stereocenters. The number of halogens is 1. The molecule has 70 valence electrons. The van der Waals surface area contributed by atoms with E-state index in [1.165, 1.54) is 18.5 Å². The lowest BCUT2D eigenvalue weighted by molar-refractivity contribution is 0.624. The van der Waals surface area contributed by atoms with E-state index >= 15 is 0 Å². The van der Waals surface area contributed by atoms with Gasteiger partial charge in [-0.15, -0.1) is 0 Å². The molecule has 0 saturated carbocycles.